The standard InChI is InChI=1S/C15H22N2O4/c1-17(14(20)16-11-12-6-5-9-21-12)15(10-13(18)19)7-3-2-4-8-15/h5-6,9H,2-4,7-8,10-11H2,1H3,(H,16,20)(H,18,19). The zero-order valence-electron chi connectivity index (χ0n) is 12.3. The second-order valence-corrected chi connectivity index (χ2v) is 5.65. The van der Waals surface area contributed by atoms with Crippen LogP contribution in [0.3, 0.4) is 0 Å². The van der Waals surface area contributed by atoms with Gasteiger partial charge >= 0.3 is 12.0 Å². The molecular weight excluding hydrogens is 272 g/mol. The molecule has 1 fully saturated rings. The molecule has 1 aromatic heterocycles. The Morgan fingerprint density at radius 1 is 1.38 bits per heavy atom. The molecule has 1 heterocycles. The smallest absolute Gasteiger partial charge is 0.317 e. The van der Waals surface area contributed by atoms with Gasteiger partial charge in [0.05, 0.1) is 24.8 Å². The Labute approximate surface area is 124 Å². The van der Waals surface area contributed by atoms with Crippen molar-refractivity contribution >= 4 is 12.0 Å². The van der Waals surface area contributed by atoms with Crippen LogP contribution >= 0.6 is 0 Å². The van der Waals surface area contributed by atoms with Gasteiger partial charge in [-0.25, -0.2) is 4.79 Å². The fraction of sp³-hybridized carbons (Fsp3) is 0.600. The summed E-state index contributed by atoms with van der Waals surface area (Å²) in [4.78, 5) is 25.0. The van der Waals surface area contributed by atoms with Crippen molar-refractivity contribution in [1.29, 1.82) is 0 Å². The maximum atomic E-state index is 12.3. The molecule has 6 nitrogen and oxygen atoms in total. The first-order chi connectivity index (χ1) is 10.0. The van der Waals surface area contributed by atoms with E-state index in [2.05, 4.69) is 5.32 Å². The molecule has 21 heavy (non-hydrogen) atoms. The van der Waals surface area contributed by atoms with Gasteiger partial charge in [-0.05, 0) is 25.0 Å². The van der Waals surface area contributed by atoms with E-state index in [4.69, 9.17) is 9.52 Å². The summed E-state index contributed by atoms with van der Waals surface area (Å²) in [5.41, 5.74) is -0.572. The third-order valence-electron chi connectivity index (χ3n) is 4.27. The third kappa shape index (κ3) is 3.77. The van der Waals surface area contributed by atoms with Crippen LogP contribution in [0.4, 0.5) is 4.79 Å². The highest BCUT2D eigenvalue weighted by Crippen LogP contribution is 2.35. The molecule has 0 radical (unpaired) electrons. The van der Waals surface area contributed by atoms with Crippen LogP contribution in [0.25, 0.3) is 0 Å². The molecule has 0 spiro atoms. The van der Waals surface area contributed by atoms with Crippen molar-refractivity contribution in [2.45, 2.75) is 50.6 Å². The SMILES string of the molecule is CN(C(=O)NCc1ccco1)C1(CC(=O)O)CCCCC1. The maximum absolute atomic E-state index is 12.3. The topological polar surface area (TPSA) is 82.8 Å². The summed E-state index contributed by atoms with van der Waals surface area (Å²) in [7, 11) is 1.69. The number of hydrogen-bond donors (Lipinski definition) is 2. The Hall–Kier alpha value is -1.98. The Morgan fingerprint density at radius 2 is 2.10 bits per heavy atom. The number of amides is 2. The Morgan fingerprint density at radius 3 is 2.67 bits per heavy atom. The lowest BCUT2D eigenvalue weighted by Gasteiger charge is -2.43. The van der Waals surface area contributed by atoms with E-state index in [1.54, 1.807) is 30.3 Å². The van der Waals surface area contributed by atoms with Crippen molar-refractivity contribution in [3.05, 3.63) is 24.2 Å². The molecule has 0 bridgehead atoms. The van der Waals surface area contributed by atoms with E-state index in [1.807, 2.05) is 0 Å². The minimum atomic E-state index is -0.859. The highest BCUT2D eigenvalue weighted by Gasteiger charge is 2.40. The van der Waals surface area contributed by atoms with E-state index in [0.717, 1.165) is 32.1 Å². The zero-order chi connectivity index (χ0) is 15.3. The molecule has 1 aliphatic carbocycles. The predicted molar refractivity (Wildman–Crippen MR) is 76.8 cm³/mol. The van der Waals surface area contributed by atoms with Gasteiger partial charge < -0.3 is 19.7 Å². The van der Waals surface area contributed by atoms with Crippen LogP contribution < -0.4 is 5.32 Å². The molecule has 1 saturated carbocycles. The van der Waals surface area contributed by atoms with Gasteiger partial charge in [-0.15, -0.1) is 0 Å². The number of aliphatic carboxylic acids is 1. The highest BCUT2D eigenvalue weighted by molar-refractivity contribution is 5.76. The van der Waals surface area contributed by atoms with Gasteiger partial charge in [0.25, 0.3) is 0 Å². The number of carboxylic acid groups (broad SMARTS) is 1. The van der Waals surface area contributed by atoms with E-state index in [0.29, 0.717) is 12.3 Å². The summed E-state index contributed by atoms with van der Waals surface area (Å²) >= 11 is 0. The molecule has 1 aromatic rings. The second-order valence-electron chi connectivity index (χ2n) is 5.65. The third-order valence-corrected chi connectivity index (χ3v) is 4.27. The summed E-state index contributed by atoms with van der Waals surface area (Å²) in [5, 5.41) is 11.9. The van der Waals surface area contributed by atoms with E-state index in [9.17, 15) is 9.59 Å². The van der Waals surface area contributed by atoms with Crippen molar-refractivity contribution in [2.75, 3.05) is 7.05 Å². The van der Waals surface area contributed by atoms with E-state index in [1.165, 1.54) is 0 Å². The Kier molecular flexibility index (Phi) is 4.88. The van der Waals surface area contributed by atoms with Gasteiger partial charge in [0.2, 0.25) is 0 Å². The van der Waals surface area contributed by atoms with Gasteiger partial charge in [0.1, 0.15) is 5.76 Å². The van der Waals surface area contributed by atoms with Crippen molar-refractivity contribution in [3.8, 4) is 0 Å². The van der Waals surface area contributed by atoms with Crippen LogP contribution in [0.2, 0.25) is 0 Å². The quantitative estimate of drug-likeness (QED) is 0.874. The molecule has 116 valence electrons. The second kappa shape index (κ2) is 6.65. The normalized spacial score (nSPS) is 17.2. The number of carbonyl (C=O) groups is 2. The van der Waals surface area contributed by atoms with Crippen LogP contribution in [-0.2, 0) is 11.3 Å². The molecule has 1 aliphatic rings. The molecular formula is C15H22N2O4. The lowest BCUT2D eigenvalue weighted by molar-refractivity contribution is -0.140. The summed E-state index contributed by atoms with van der Waals surface area (Å²) in [5.74, 6) is -0.185. The van der Waals surface area contributed by atoms with Crippen molar-refractivity contribution in [2.24, 2.45) is 0 Å². The fourth-order valence-corrected chi connectivity index (χ4v) is 3.03. The largest absolute Gasteiger partial charge is 0.481 e. The minimum absolute atomic E-state index is 0.00231. The number of urea groups is 1. The first-order valence-corrected chi connectivity index (χ1v) is 7.29. The van der Waals surface area contributed by atoms with Crippen LogP contribution in [-0.4, -0.2) is 34.6 Å². The van der Waals surface area contributed by atoms with Crippen LogP contribution in [0.5, 0.6) is 0 Å². The first kappa shape index (κ1) is 15.4. The van der Waals surface area contributed by atoms with Crippen molar-refractivity contribution in [1.82, 2.24) is 10.2 Å². The van der Waals surface area contributed by atoms with E-state index >= 15 is 0 Å². The number of rotatable bonds is 5. The first-order valence-electron chi connectivity index (χ1n) is 7.29. The van der Waals surface area contributed by atoms with Crippen LogP contribution in [0.1, 0.15) is 44.3 Å². The minimum Gasteiger partial charge on any atom is -0.481 e. The Balaban J connectivity index is 2.00. The van der Waals surface area contributed by atoms with Gasteiger partial charge in [-0.3, -0.25) is 4.79 Å². The number of carboxylic acids is 1. The number of carbonyl (C=O) groups excluding carboxylic acids is 1. The lowest BCUT2D eigenvalue weighted by atomic mass is 9.78. The van der Waals surface area contributed by atoms with Gasteiger partial charge in [-0.1, -0.05) is 19.3 Å². The molecule has 2 N–H and O–H groups in total. The monoisotopic (exact) mass is 294 g/mol. The number of hydrogen-bond acceptors (Lipinski definition) is 3. The molecule has 2 amide bonds. The zero-order valence-corrected chi connectivity index (χ0v) is 12.3. The van der Waals surface area contributed by atoms with Gasteiger partial charge in [0, 0.05) is 7.05 Å². The number of nitrogens with one attached hydrogen (secondary N) is 1. The van der Waals surface area contributed by atoms with Gasteiger partial charge in [0.15, 0.2) is 0 Å². The average molecular weight is 294 g/mol. The molecule has 0 atom stereocenters. The molecule has 2 rings (SSSR count). The molecule has 0 unspecified atom stereocenters. The lowest BCUT2D eigenvalue weighted by Crippen LogP contribution is -2.54. The molecule has 6 heteroatoms. The van der Waals surface area contributed by atoms with Crippen molar-refractivity contribution in [3.63, 3.8) is 0 Å². The number of nitrogens with zero attached hydrogens (tertiary/aromatic N) is 1. The van der Waals surface area contributed by atoms with Crippen LogP contribution in [0.15, 0.2) is 22.8 Å². The Bertz CT molecular complexity index is 478. The number of furan rings is 1. The van der Waals surface area contributed by atoms with Gasteiger partial charge in [-0.2, -0.15) is 0 Å². The fourth-order valence-electron chi connectivity index (χ4n) is 3.03. The summed E-state index contributed by atoms with van der Waals surface area (Å²) in [6, 6.07) is 3.29. The molecule has 0 aliphatic heterocycles. The predicted octanol–water partition coefficient (Wildman–Crippen LogP) is 2.60. The molecule has 0 aromatic carbocycles. The van der Waals surface area contributed by atoms with E-state index < -0.39 is 11.5 Å². The van der Waals surface area contributed by atoms with Crippen molar-refractivity contribution < 1.29 is 19.1 Å². The maximum Gasteiger partial charge on any atom is 0.317 e. The van der Waals surface area contributed by atoms with E-state index in [-0.39, 0.29) is 12.5 Å². The average Bonchev–Trinajstić information content (AvgIpc) is 2.97. The molecule has 0 saturated heterocycles. The summed E-state index contributed by atoms with van der Waals surface area (Å²) < 4.78 is 5.17. The summed E-state index contributed by atoms with van der Waals surface area (Å²) in [6.07, 6.45) is 6.05. The van der Waals surface area contributed by atoms with Crippen LogP contribution in [0, 0.1) is 0 Å². The highest BCUT2D eigenvalue weighted by atomic mass is 16.4. The summed E-state index contributed by atoms with van der Waals surface area (Å²) in [6.45, 7) is 0.305.